The zero-order chi connectivity index (χ0) is 27.1. The van der Waals surface area contributed by atoms with E-state index in [0.717, 1.165) is 42.5 Å². The van der Waals surface area contributed by atoms with Gasteiger partial charge >= 0.3 is 5.76 Å². The van der Waals surface area contributed by atoms with Crippen molar-refractivity contribution in [2.24, 2.45) is 11.8 Å². The van der Waals surface area contributed by atoms with Crippen LogP contribution in [-0.4, -0.2) is 59.9 Å². The van der Waals surface area contributed by atoms with E-state index in [1.807, 2.05) is 6.07 Å². The number of fused-ring (bicyclic) bond motifs is 1. The van der Waals surface area contributed by atoms with Gasteiger partial charge in [-0.3, -0.25) is 14.5 Å². The summed E-state index contributed by atoms with van der Waals surface area (Å²) >= 11 is 6.37. The Hall–Kier alpha value is -3.31. The van der Waals surface area contributed by atoms with Crippen LogP contribution in [0.5, 0.6) is 0 Å². The van der Waals surface area contributed by atoms with Crippen LogP contribution in [-0.2, 0) is 11.3 Å². The molecule has 2 fully saturated rings. The van der Waals surface area contributed by atoms with Crippen molar-refractivity contribution in [3.05, 3.63) is 34.0 Å². The van der Waals surface area contributed by atoms with Gasteiger partial charge in [0.15, 0.2) is 5.65 Å². The first-order valence-electron chi connectivity index (χ1n) is 13.7. The lowest BCUT2D eigenvalue weighted by Gasteiger charge is -2.40. The third kappa shape index (κ3) is 5.05. The summed E-state index contributed by atoms with van der Waals surface area (Å²) < 4.78 is 13.1. The van der Waals surface area contributed by atoms with E-state index in [1.165, 1.54) is 25.7 Å². The number of imidazole rings is 1. The molecule has 0 unspecified atom stereocenters. The highest BCUT2D eigenvalue weighted by Gasteiger charge is 2.34. The predicted molar refractivity (Wildman–Crippen MR) is 148 cm³/mol. The Bertz CT molecular complexity index is 1520. The standard InChI is InChI=1S/C27H33ClN8O3/c1-4-20-16(3)38-10-9-35(20)26-32-23-22(36(26)14-17-7-5-15(2)6-8-17)21(18-11-19(28)13-29-12-18)30-24(31-23)25-33-27(37)39-34-25/h11-13,15-17,20H,4-10,14H2,1-3H3,(H,33,34,37)/t15?,16-,17?,20-/m1/s1. The Balaban J connectivity index is 1.58. The number of nitrogens with one attached hydrogen (secondary N) is 1. The maximum absolute atomic E-state index is 11.7. The lowest BCUT2D eigenvalue weighted by Crippen LogP contribution is -2.51. The fraction of sp³-hybridized carbons (Fsp3) is 0.556. The molecule has 1 aliphatic carbocycles. The zero-order valence-electron chi connectivity index (χ0n) is 22.4. The maximum Gasteiger partial charge on any atom is 0.439 e. The Kier molecular flexibility index (Phi) is 7.11. The number of aromatic nitrogens is 7. The SMILES string of the molecule is CC[C@@H]1[C@@H](C)OCCN1c1nc2nc(-c3noc(=O)[nH]3)nc(-c3cncc(Cl)c3)c2n1CC1CCC(C)CC1. The van der Waals surface area contributed by atoms with Crippen molar-refractivity contribution in [2.75, 3.05) is 18.1 Å². The normalized spacial score (nSPS) is 23.9. The summed E-state index contributed by atoms with van der Waals surface area (Å²) in [5, 5.41) is 4.33. The summed E-state index contributed by atoms with van der Waals surface area (Å²) in [5.41, 5.74) is 2.70. The smallest absolute Gasteiger partial charge is 0.375 e. The number of rotatable bonds is 6. The van der Waals surface area contributed by atoms with Crippen LogP contribution >= 0.6 is 11.6 Å². The van der Waals surface area contributed by atoms with Crippen LogP contribution in [0.25, 0.3) is 34.1 Å². The molecule has 1 saturated heterocycles. The Morgan fingerprint density at radius 3 is 2.67 bits per heavy atom. The Morgan fingerprint density at radius 1 is 1.13 bits per heavy atom. The van der Waals surface area contributed by atoms with Gasteiger partial charge in [0.05, 0.1) is 23.8 Å². The minimum absolute atomic E-state index is 0.0750. The molecule has 1 aliphatic heterocycles. The van der Waals surface area contributed by atoms with Crippen LogP contribution in [0.15, 0.2) is 27.8 Å². The maximum atomic E-state index is 11.7. The molecule has 1 saturated carbocycles. The molecular formula is C27H33ClN8O3. The van der Waals surface area contributed by atoms with Crippen LogP contribution in [0.1, 0.15) is 52.9 Å². The number of anilines is 1. The summed E-state index contributed by atoms with van der Waals surface area (Å²) in [6, 6.07) is 2.01. The van der Waals surface area contributed by atoms with Crippen molar-refractivity contribution in [2.45, 2.75) is 71.6 Å². The number of hydrogen-bond donors (Lipinski definition) is 1. The number of nitrogens with zero attached hydrogens (tertiary/aromatic N) is 7. The van der Waals surface area contributed by atoms with Crippen molar-refractivity contribution in [1.82, 2.24) is 34.6 Å². The van der Waals surface area contributed by atoms with Crippen LogP contribution in [0.3, 0.4) is 0 Å². The Morgan fingerprint density at radius 2 is 1.95 bits per heavy atom. The molecule has 11 nitrogen and oxygen atoms in total. The van der Waals surface area contributed by atoms with E-state index in [1.54, 1.807) is 12.4 Å². The fourth-order valence-electron chi connectivity index (χ4n) is 6.03. The van der Waals surface area contributed by atoms with Gasteiger partial charge in [0.2, 0.25) is 17.6 Å². The molecule has 1 N–H and O–H groups in total. The highest BCUT2D eigenvalue weighted by atomic mass is 35.5. The average Bonchev–Trinajstić information content (AvgIpc) is 3.53. The second kappa shape index (κ2) is 10.7. The third-order valence-corrected chi connectivity index (χ3v) is 8.33. The molecule has 2 aliphatic rings. The van der Waals surface area contributed by atoms with Gasteiger partial charge in [0.25, 0.3) is 0 Å². The lowest BCUT2D eigenvalue weighted by molar-refractivity contribution is 0.0217. The van der Waals surface area contributed by atoms with Gasteiger partial charge in [-0.15, -0.1) is 0 Å². The van der Waals surface area contributed by atoms with Crippen LogP contribution in [0.4, 0.5) is 5.95 Å². The molecule has 0 aromatic carbocycles. The number of morpholine rings is 1. The summed E-state index contributed by atoms with van der Waals surface area (Å²) in [7, 11) is 0. The summed E-state index contributed by atoms with van der Waals surface area (Å²) in [6.07, 6.45) is 9.11. The predicted octanol–water partition coefficient (Wildman–Crippen LogP) is 4.72. The van der Waals surface area contributed by atoms with E-state index < -0.39 is 5.76 Å². The molecule has 6 rings (SSSR count). The van der Waals surface area contributed by atoms with Gasteiger partial charge in [0.1, 0.15) is 11.2 Å². The first kappa shape index (κ1) is 25.9. The second-order valence-corrected chi connectivity index (χ2v) is 11.2. The summed E-state index contributed by atoms with van der Waals surface area (Å²) in [5.74, 6) is 1.82. The molecule has 39 heavy (non-hydrogen) atoms. The minimum atomic E-state index is -0.675. The number of aromatic amines is 1. The highest BCUT2D eigenvalue weighted by Crippen LogP contribution is 2.37. The van der Waals surface area contributed by atoms with Crippen LogP contribution < -0.4 is 10.7 Å². The molecule has 0 bridgehead atoms. The molecule has 5 heterocycles. The second-order valence-electron chi connectivity index (χ2n) is 10.8. The van der Waals surface area contributed by atoms with E-state index >= 15 is 0 Å². The van der Waals surface area contributed by atoms with Gasteiger partial charge in [-0.25, -0.2) is 14.8 Å². The average molecular weight is 553 g/mol. The van der Waals surface area contributed by atoms with Gasteiger partial charge in [-0.1, -0.05) is 43.4 Å². The van der Waals surface area contributed by atoms with Crippen molar-refractivity contribution < 1.29 is 9.26 Å². The van der Waals surface area contributed by atoms with Crippen molar-refractivity contribution >= 4 is 28.7 Å². The topological polar surface area (TPSA) is 128 Å². The van der Waals surface area contributed by atoms with Gasteiger partial charge < -0.3 is 14.2 Å². The van der Waals surface area contributed by atoms with Crippen LogP contribution in [0.2, 0.25) is 5.02 Å². The summed E-state index contributed by atoms with van der Waals surface area (Å²) in [4.78, 5) is 35.7. The highest BCUT2D eigenvalue weighted by molar-refractivity contribution is 6.30. The van der Waals surface area contributed by atoms with E-state index in [0.29, 0.717) is 28.9 Å². The van der Waals surface area contributed by atoms with E-state index in [2.05, 4.69) is 45.4 Å². The molecular weight excluding hydrogens is 520 g/mol. The van der Waals surface area contributed by atoms with Crippen LogP contribution in [0, 0.1) is 11.8 Å². The quantitative estimate of drug-likeness (QED) is 0.361. The third-order valence-electron chi connectivity index (χ3n) is 8.12. The molecule has 12 heteroatoms. The monoisotopic (exact) mass is 552 g/mol. The van der Waals surface area contributed by atoms with E-state index in [9.17, 15) is 4.79 Å². The van der Waals surface area contributed by atoms with Gasteiger partial charge in [-0.05, 0) is 44.1 Å². The van der Waals surface area contributed by atoms with Gasteiger partial charge in [-0.2, -0.15) is 4.98 Å². The largest absolute Gasteiger partial charge is 0.439 e. The molecule has 0 radical (unpaired) electrons. The van der Waals surface area contributed by atoms with Crippen molar-refractivity contribution in [3.63, 3.8) is 0 Å². The molecule has 0 amide bonds. The molecule has 4 aromatic rings. The number of H-pyrrole nitrogens is 1. The first-order valence-corrected chi connectivity index (χ1v) is 14.1. The zero-order valence-corrected chi connectivity index (χ0v) is 23.2. The fourth-order valence-corrected chi connectivity index (χ4v) is 6.20. The molecule has 4 aromatic heterocycles. The van der Waals surface area contributed by atoms with E-state index in [4.69, 9.17) is 35.8 Å². The van der Waals surface area contributed by atoms with Crippen molar-refractivity contribution in [1.29, 1.82) is 0 Å². The van der Waals surface area contributed by atoms with Gasteiger partial charge in [0, 0.05) is 31.0 Å². The first-order chi connectivity index (χ1) is 18.9. The lowest BCUT2D eigenvalue weighted by atomic mass is 9.83. The number of ether oxygens (including phenoxy) is 1. The number of hydrogen-bond acceptors (Lipinski definition) is 9. The Labute approximate surface area is 231 Å². The summed E-state index contributed by atoms with van der Waals surface area (Å²) in [6.45, 7) is 8.81. The number of pyridine rings is 1. The molecule has 2 atom stereocenters. The van der Waals surface area contributed by atoms with Crippen molar-refractivity contribution in [3.8, 4) is 22.9 Å². The minimum Gasteiger partial charge on any atom is -0.375 e. The van der Waals surface area contributed by atoms with E-state index in [-0.39, 0.29) is 23.8 Å². The molecule has 0 spiro atoms. The molecule has 206 valence electrons. The number of halogens is 1.